The largest absolute Gasteiger partial charge is 0.464 e. The van der Waals surface area contributed by atoms with E-state index in [0.717, 1.165) is 0 Å². The van der Waals surface area contributed by atoms with Crippen molar-refractivity contribution >= 4 is 17.7 Å². The number of likely N-dealkylation sites (N-methyl/N-ethyl adjacent to an activating group) is 1. The molecule has 0 radical (unpaired) electrons. The Balaban J connectivity index is 2.57. The maximum Gasteiger partial charge on any atom is 0.358 e. The Hall–Kier alpha value is -2.18. The van der Waals surface area contributed by atoms with Crippen LogP contribution in [-0.4, -0.2) is 54.7 Å². The molecule has 0 aliphatic rings. The van der Waals surface area contributed by atoms with Crippen LogP contribution in [-0.2, 0) is 9.53 Å². The predicted octanol–water partition coefficient (Wildman–Crippen LogP) is -0.237. The summed E-state index contributed by atoms with van der Waals surface area (Å²) in [6.07, 6.45) is 0. The predicted molar refractivity (Wildman–Crippen MR) is 60.6 cm³/mol. The van der Waals surface area contributed by atoms with Crippen molar-refractivity contribution in [2.45, 2.75) is 0 Å². The van der Waals surface area contributed by atoms with Crippen LogP contribution in [0.25, 0.3) is 0 Å². The zero-order valence-electron chi connectivity index (χ0n) is 9.93. The first-order valence-electron chi connectivity index (χ1n) is 4.90. The highest BCUT2D eigenvalue weighted by Crippen LogP contribution is 2.02. The lowest BCUT2D eigenvalue weighted by atomic mass is 10.4. The summed E-state index contributed by atoms with van der Waals surface area (Å²) in [6.45, 7) is 0.124. The van der Waals surface area contributed by atoms with Gasteiger partial charge >= 0.3 is 5.97 Å². The Kier molecular flexibility index (Phi) is 4.38. The van der Waals surface area contributed by atoms with Crippen molar-refractivity contribution in [1.82, 2.24) is 15.1 Å². The molecule has 1 aromatic rings. The monoisotopic (exact) mass is 238 g/mol. The van der Waals surface area contributed by atoms with Crippen molar-refractivity contribution in [3.8, 4) is 0 Å². The minimum Gasteiger partial charge on any atom is -0.464 e. The molecule has 0 spiro atoms. The molecular formula is C10H14N4O3. The third kappa shape index (κ3) is 3.71. The van der Waals surface area contributed by atoms with Crippen LogP contribution in [0.2, 0.25) is 0 Å². The Labute approximate surface area is 98.8 Å². The molecule has 7 nitrogen and oxygen atoms in total. The summed E-state index contributed by atoms with van der Waals surface area (Å²) in [6, 6.07) is 3.03. The second-order valence-corrected chi connectivity index (χ2v) is 3.44. The molecule has 0 unspecified atom stereocenters. The molecule has 1 rings (SSSR count). The van der Waals surface area contributed by atoms with E-state index in [9.17, 15) is 9.59 Å². The molecule has 0 saturated carbocycles. The van der Waals surface area contributed by atoms with Gasteiger partial charge in [0.05, 0.1) is 13.7 Å². The summed E-state index contributed by atoms with van der Waals surface area (Å²) >= 11 is 0. The number of amides is 1. The maximum atomic E-state index is 11.3. The second kappa shape index (κ2) is 5.78. The fourth-order valence-electron chi connectivity index (χ4n) is 0.964. The first-order chi connectivity index (χ1) is 8.04. The number of aromatic nitrogens is 2. The third-order valence-electron chi connectivity index (χ3n) is 1.98. The lowest BCUT2D eigenvalue weighted by Gasteiger charge is -2.10. The normalized spacial score (nSPS) is 9.59. The van der Waals surface area contributed by atoms with Crippen molar-refractivity contribution in [2.24, 2.45) is 0 Å². The molecule has 0 atom stereocenters. The zero-order chi connectivity index (χ0) is 12.8. The number of rotatable bonds is 4. The number of methoxy groups -OCH3 is 1. The van der Waals surface area contributed by atoms with Crippen molar-refractivity contribution in [2.75, 3.05) is 33.1 Å². The lowest BCUT2D eigenvalue weighted by Crippen LogP contribution is -2.28. The van der Waals surface area contributed by atoms with E-state index >= 15 is 0 Å². The molecule has 7 heteroatoms. The summed E-state index contributed by atoms with van der Waals surface area (Å²) in [4.78, 5) is 23.8. The Morgan fingerprint density at radius 3 is 2.53 bits per heavy atom. The Morgan fingerprint density at radius 1 is 1.35 bits per heavy atom. The molecule has 1 N–H and O–H groups in total. The number of nitrogens with zero attached hydrogens (tertiary/aromatic N) is 3. The SMILES string of the molecule is COC(=O)c1ccc(NCC(=O)N(C)C)nn1. The van der Waals surface area contributed by atoms with E-state index in [1.54, 1.807) is 20.2 Å². The molecule has 17 heavy (non-hydrogen) atoms. The summed E-state index contributed by atoms with van der Waals surface area (Å²) < 4.78 is 4.48. The third-order valence-corrected chi connectivity index (χ3v) is 1.98. The molecule has 0 aliphatic heterocycles. The standard InChI is InChI=1S/C10H14N4O3/c1-14(2)9(15)6-11-8-5-4-7(12-13-8)10(16)17-3/h4-5H,6H2,1-3H3,(H,11,13). The van der Waals surface area contributed by atoms with E-state index < -0.39 is 5.97 Å². The van der Waals surface area contributed by atoms with Crippen LogP contribution in [0.1, 0.15) is 10.5 Å². The first kappa shape index (κ1) is 12.9. The number of hydrogen-bond acceptors (Lipinski definition) is 6. The number of esters is 1. The van der Waals surface area contributed by atoms with Crippen LogP contribution in [0, 0.1) is 0 Å². The van der Waals surface area contributed by atoms with Gasteiger partial charge in [0.2, 0.25) is 5.91 Å². The number of nitrogens with one attached hydrogen (secondary N) is 1. The number of ether oxygens (including phenoxy) is 1. The fourth-order valence-corrected chi connectivity index (χ4v) is 0.964. The quantitative estimate of drug-likeness (QED) is 0.729. The van der Waals surface area contributed by atoms with Crippen molar-refractivity contribution in [1.29, 1.82) is 0 Å². The Bertz CT molecular complexity index is 403. The van der Waals surface area contributed by atoms with Gasteiger partial charge in [-0.05, 0) is 12.1 Å². The first-order valence-corrected chi connectivity index (χ1v) is 4.90. The van der Waals surface area contributed by atoms with Gasteiger partial charge in [-0.2, -0.15) is 0 Å². The van der Waals surface area contributed by atoms with Crippen LogP contribution in [0.15, 0.2) is 12.1 Å². The molecule has 0 saturated heterocycles. The van der Waals surface area contributed by atoms with Crippen LogP contribution < -0.4 is 5.32 Å². The fraction of sp³-hybridized carbons (Fsp3) is 0.400. The highest BCUT2D eigenvalue weighted by molar-refractivity contribution is 5.87. The minimum atomic E-state index is -0.548. The maximum absolute atomic E-state index is 11.3. The van der Waals surface area contributed by atoms with Gasteiger partial charge in [-0.25, -0.2) is 4.79 Å². The molecular weight excluding hydrogens is 224 g/mol. The second-order valence-electron chi connectivity index (χ2n) is 3.44. The van der Waals surface area contributed by atoms with Crippen LogP contribution >= 0.6 is 0 Å². The smallest absolute Gasteiger partial charge is 0.358 e. The summed E-state index contributed by atoms with van der Waals surface area (Å²) in [7, 11) is 4.60. The summed E-state index contributed by atoms with van der Waals surface area (Å²) in [5.74, 6) is -0.204. The molecule has 1 heterocycles. The van der Waals surface area contributed by atoms with Gasteiger partial charge in [-0.1, -0.05) is 0 Å². The molecule has 0 aromatic carbocycles. The van der Waals surface area contributed by atoms with Gasteiger partial charge < -0.3 is 15.0 Å². The molecule has 0 bridgehead atoms. The topological polar surface area (TPSA) is 84.4 Å². The van der Waals surface area contributed by atoms with Gasteiger partial charge in [0, 0.05) is 14.1 Å². The Morgan fingerprint density at radius 2 is 2.06 bits per heavy atom. The van der Waals surface area contributed by atoms with Crippen molar-refractivity contribution in [3.63, 3.8) is 0 Å². The number of hydrogen-bond donors (Lipinski definition) is 1. The zero-order valence-corrected chi connectivity index (χ0v) is 9.93. The van der Waals surface area contributed by atoms with Gasteiger partial charge in [-0.15, -0.1) is 10.2 Å². The highest BCUT2D eigenvalue weighted by atomic mass is 16.5. The number of anilines is 1. The minimum absolute atomic E-state index is 0.0798. The van der Waals surface area contributed by atoms with Gasteiger partial charge in [-0.3, -0.25) is 4.79 Å². The van der Waals surface area contributed by atoms with E-state index in [0.29, 0.717) is 5.82 Å². The molecule has 0 aliphatic carbocycles. The van der Waals surface area contributed by atoms with E-state index in [1.807, 2.05) is 0 Å². The van der Waals surface area contributed by atoms with Crippen molar-refractivity contribution in [3.05, 3.63) is 17.8 Å². The van der Waals surface area contributed by atoms with Gasteiger partial charge in [0.25, 0.3) is 0 Å². The van der Waals surface area contributed by atoms with E-state index in [4.69, 9.17) is 0 Å². The average molecular weight is 238 g/mol. The molecule has 1 aromatic heterocycles. The lowest BCUT2D eigenvalue weighted by molar-refractivity contribution is -0.126. The van der Waals surface area contributed by atoms with Crippen LogP contribution in [0.3, 0.4) is 0 Å². The molecule has 92 valence electrons. The van der Waals surface area contributed by atoms with Crippen LogP contribution in [0.5, 0.6) is 0 Å². The molecule has 1 amide bonds. The average Bonchev–Trinajstić information content (AvgIpc) is 2.35. The number of carbonyl (C=O) groups excluding carboxylic acids is 2. The number of carbonyl (C=O) groups is 2. The highest BCUT2D eigenvalue weighted by Gasteiger charge is 2.08. The molecule has 0 fully saturated rings. The summed E-state index contributed by atoms with van der Waals surface area (Å²) in [5, 5.41) is 10.2. The van der Waals surface area contributed by atoms with Crippen molar-refractivity contribution < 1.29 is 14.3 Å². The van der Waals surface area contributed by atoms with E-state index in [2.05, 4.69) is 20.3 Å². The summed E-state index contributed by atoms with van der Waals surface area (Å²) in [5.41, 5.74) is 0.122. The van der Waals surface area contributed by atoms with Crippen LogP contribution in [0.4, 0.5) is 5.82 Å². The van der Waals surface area contributed by atoms with Gasteiger partial charge in [0.15, 0.2) is 5.69 Å². The van der Waals surface area contributed by atoms with Gasteiger partial charge in [0.1, 0.15) is 5.82 Å². The van der Waals surface area contributed by atoms with E-state index in [1.165, 1.54) is 18.1 Å². The van der Waals surface area contributed by atoms with E-state index in [-0.39, 0.29) is 18.1 Å².